The Morgan fingerprint density at radius 3 is 2.40 bits per heavy atom. The Morgan fingerprint density at radius 1 is 1.09 bits per heavy atom. The van der Waals surface area contributed by atoms with Crippen LogP contribution in [-0.4, -0.2) is 65.2 Å². The zero-order valence-electron chi connectivity index (χ0n) is 26.1. The number of carbonyl (C=O) groups is 1. The lowest BCUT2D eigenvalue weighted by molar-refractivity contribution is -0.120. The molecule has 0 aliphatic carbocycles. The predicted molar refractivity (Wildman–Crippen MR) is 169 cm³/mol. The smallest absolute Gasteiger partial charge is 0.331 e. The van der Waals surface area contributed by atoms with Crippen molar-refractivity contribution in [2.75, 3.05) is 45.3 Å². The summed E-state index contributed by atoms with van der Waals surface area (Å²) in [5.41, 5.74) is 1.60. The molecule has 2 aromatic carbocycles. The van der Waals surface area contributed by atoms with Gasteiger partial charge in [0.25, 0.3) is 0 Å². The van der Waals surface area contributed by atoms with Gasteiger partial charge in [-0.25, -0.2) is 8.42 Å². The van der Waals surface area contributed by atoms with Gasteiger partial charge in [0.05, 0.1) is 49.7 Å². The van der Waals surface area contributed by atoms with Gasteiger partial charge in [0.2, 0.25) is 5.91 Å². The molecule has 0 fully saturated rings. The fourth-order valence-electron chi connectivity index (χ4n) is 5.49. The van der Waals surface area contributed by atoms with Crippen LogP contribution in [0.3, 0.4) is 0 Å². The van der Waals surface area contributed by atoms with Crippen molar-refractivity contribution < 1.29 is 31.6 Å². The summed E-state index contributed by atoms with van der Waals surface area (Å²) in [7, 11) is -5.35. The van der Waals surface area contributed by atoms with E-state index in [4.69, 9.17) is 13.8 Å². The van der Waals surface area contributed by atoms with Crippen LogP contribution in [0.1, 0.15) is 76.1 Å². The third-order valence-corrected chi connectivity index (χ3v) is 11.8. The summed E-state index contributed by atoms with van der Waals surface area (Å²) in [6, 6.07) is 13.0. The number of sulfone groups is 1. The van der Waals surface area contributed by atoms with Crippen molar-refractivity contribution in [1.82, 2.24) is 16.0 Å². The highest BCUT2D eigenvalue weighted by atomic mass is 32.2. The van der Waals surface area contributed by atoms with Crippen LogP contribution in [0.4, 0.5) is 0 Å². The molecule has 10 nitrogen and oxygen atoms in total. The highest BCUT2D eigenvalue weighted by molar-refractivity contribution is 7.91. The minimum atomic E-state index is -3.69. The Bertz CT molecular complexity index is 1350. The molecule has 1 aliphatic rings. The van der Waals surface area contributed by atoms with E-state index < -0.39 is 23.0 Å². The number of fused-ring (bicyclic) bond motifs is 1. The van der Waals surface area contributed by atoms with E-state index >= 15 is 0 Å². The number of ether oxygens (including phenoxy) is 1. The van der Waals surface area contributed by atoms with Crippen LogP contribution in [0.15, 0.2) is 47.4 Å². The standard InChI is InChI=1S/C31H48N3O7PS/c1-6-10-16-31(7-2)23-43(37,38)28-19-25(21-33-29(35)22-32-17-18-42(36,40-8-3)41-9-4)27(39-5)20-26(28)30(34-31)24-14-12-11-13-15-24/h11-15,19-20,30,32,34H,6-10,16-18,21-23H2,1-5H3,(H,33,35)/t30-,31-/m1/s1. The van der Waals surface area contributed by atoms with E-state index in [2.05, 4.69) is 22.9 Å². The molecule has 1 amide bonds. The van der Waals surface area contributed by atoms with E-state index in [9.17, 15) is 17.8 Å². The van der Waals surface area contributed by atoms with Gasteiger partial charge in [-0.1, -0.05) is 57.0 Å². The second-order valence-corrected chi connectivity index (χ2v) is 15.0. The van der Waals surface area contributed by atoms with E-state index in [1.165, 1.54) is 7.11 Å². The van der Waals surface area contributed by atoms with Crippen molar-refractivity contribution in [2.24, 2.45) is 0 Å². The van der Waals surface area contributed by atoms with E-state index in [-0.39, 0.29) is 61.6 Å². The molecule has 1 heterocycles. The summed E-state index contributed by atoms with van der Waals surface area (Å²) in [4.78, 5) is 12.9. The number of amides is 1. The van der Waals surface area contributed by atoms with Gasteiger partial charge in [0.15, 0.2) is 9.84 Å². The summed E-state index contributed by atoms with van der Waals surface area (Å²) in [5, 5.41) is 9.58. The zero-order valence-corrected chi connectivity index (χ0v) is 27.8. The van der Waals surface area contributed by atoms with Crippen molar-refractivity contribution in [3.05, 3.63) is 59.2 Å². The molecule has 240 valence electrons. The van der Waals surface area contributed by atoms with Crippen LogP contribution >= 0.6 is 7.60 Å². The number of carbonyl (C=O) groups excluding carboxylic acids is 1. The molecule has 1 aliphatic heterocycles. The first-order chi connectivity index (χ1) is 20.6. The summed E-state index contributed by atoms with van der Waals surface area (Å²) < 4.78 is 56.9. The number of unbranched alkanes of at least 4 members (excludes halogenated alkanes) is 1. The fourth-order valence-corrected chi connectivity index (χ4v) is 9.21. The van der Waals surface area contributed by atoms with Gasteiger partial charge in [0, 0.05) is 24.2 Å². The summed E-state index contributed by atoms with van der Waals surface area (Å²) in [6.45, 7) is 8.54. The van der Waals surface area contributed by atoms with Gasteiger partial charge in [-0.05, 0) is 49.9 Å². The van der Waals surface area contributed by atoms with Gasteiger partial charge in [0.1, 0.15) is 5.75 Å². The van der Waals surface area contributed by atoms with Crippen molar-refractivity contribution in [3.8, 4) is 5.75 Å². The molecule has 2 aromatic rings. The molecule has 3 rings (SSSR count). The monoisotopic (exact) mass is 637 g/mol. The maximum absolute atomic E-state index is 14.0. The number of methoxy groups -OCH3 is 1. The molecule has 0 radical (unpaired) electrons. The minimum absolute atomic E-state index is 0.0117. The molecule has 12 heteroatoms. The third kappa shape index (κ3) is 9.36. The van der Waals surface area contributed by atoms with Crippen molar-refractivity contribution in [1.29, 1.82) is 0 Å². The van der Waals surface area contributed by atoms with Crippen LogP contribution in [0.25, 0.3) is 0 Å². The number of hydrogen-bond donors (Lipinski definition) is 3. The summed E-state index contributed by atoms with van der Waals surface area (Å²) in [6.07, 6.45) is 3.44. The molecular weight excluding hydrogens is 589 g/mol. The van der Waals surface area contributed by atoms with E-state index in [0.29, 0.717) is 23.3 Å². The quantitative estimate of drug-likeness (QED) is 0.162. The van der Waals surface area contributed by atoms with Crippen LogP contribution in [0.2, 0.25) is 0 Å². The summed E-state index contributed by atoms with van der Waals surface area (Å²) in [5.74, 6) is 0.190. The average Bonchev–Trinajstić information content (AvgIpc) is 3.09. The van der Waals surface area contributed by atoms with Crippen LogP contribution in [-0.2, 0) is 34.8 Å². The van der Waals surface area contributed by atoms with Crippen LogP contribution in [0.5, 0.6) is 5.75 Å². The Kier molecular flexibility index (Phi) is 13.2. The Balaban J connectivity index is 1.85. The first-order valence-electron chi connectivity index (χ1n) is 15.2. The van der Waals surface area contributed by atoms with Gasteiger partial charge < -0.3 is 24.4 Å². The lowest BCUT2D eigenvalue weighted by atomic mass is 9.88. The van der Waals surface area contributed by atoms with Gasteiger partial charge in [-0.3, -0.25) is 14.7 Å². The molecule has 0 spiro atoms. The van der Waals surface area contributed by atoms with E-state index in [0.717, 1.165) is 24.8 Å². The maximum Gasteiger partial charge on any atom is 0.331 e. The molecule has 0 unspecified atom stereocenters. The molecule has 43 heavy (non-hydrogen) atoms. The van der Waals surface area contributed by atoms with Crippen molar-refractivity contribution in [3.63, 3.8) is 0 Å². The average molecular weight is 638 g/mol. The highest BCUT2D eigenvalue weighted by Gasteiger charge is 2.42. The lowest BCUT2D eigenvalue weighted by Crippen LogP contribution is -2.50. The molecule has 0 bridgehead atoms. The molecule has 2 atom stereocenters. The normalized spacial score (nSPS) is 19.8. The maximum atomic E-state index is 14.0. The molecule has 3 N–H and O–H groups in total. The molecule has 0 saturated heterocycles. The van der Waals surface area contributed by atoms with Gasteiger partial charge in [-0.2, -0.15) is 0 Å². The topological polar surface area (TPSA) is 132 Å². The minimum Gasteiger partial charge on any atom is -0.496 e. The molecule has 0 saturated carbocycles. The van der Waals surface area contributed by atoms with Gasteiger partial charge in [-0.15, -0.1) is 0 Å². The molecular formula is C31H48N3O7PS. The van der Waals surface area contributed by atoms with Crippen molar-refractivity contribution >= 4 is 23.3 Å². The van der Waals surface area contributed by atoms with E-state index in [1.54, 1.807) is 26.0 Å². The number of nitrogens with one attached hydrogen (secondary N) is 3. The largest absolute Gasteiger partial charge is 0.496 e. The van der Waals surface area contributed by atoms with Gasteiger partial charge >= 0.3 is 7.60 Å². The predicted octanol–water partition coefficient (Wildman–Crippen LogP) is 4.97. The number of benzene rings is 2. The zero-order chi connectivity index (χ0) is 31.5. The number of rotatable bonds is 17. The fraction of sp³-hybridized carbons (Fsp3) is 0.581. The van der Waals surface area contributed by atoms with Crippen LogP contribution in [0, 0.1) is 0 Å². The SMILES string of the molecule is CCCC[C@]1(CC)CS(=O)(=O)c2cc(CNC(=O)CNCCP(=O)(OCC)OCC)c(OC)cc2[C@@H](c2ccccc2)N1. The second kappa shape index (κ2) is 16.2. The lowest BCUT2D eigenvalue weighted by Gasteiger charge is -2.36. The Morgan fingerprint density at radius 2 is 1.79 bits per heavy atom. The summed E-state index contributed by atoms with van der Waals surface area (Å²) >= 11 is 0. The highest BCUT2D eigenvalue weighted by Crippen LogP contribution is 2.47. The second-order valence-electron chi connectivity index (χ2n) is 10.8. The Hall–Kier alpha value is -2.27. The first kappa shape index (κ1) is 35.2. The molecule has 0 aromatic heterocycles. The Labute approximate surface area is 257 Å². The first-order valence-corrected chi connectivity index (χ1v) is 18.6. The number of hydrogen-bond acceptors (Lipinski definition) is 9. The van der Waals surface area contributed by atoms with Crippen molar-refractivity contribution in [2.45, 2.75) is 76.4 Å². The van der Waals surface area contributed by atoms with E-state index in [1.807, 2.05) is 37.3 Å². The third-order valence-electron chi connectivity index (χ3n) is 7.77. The van der Waals surface area contributed by atoms with Crippen LogP contribution < -0.4 is 20.7 Å².